The number of nitrogens with zero attached hydrogens (tertiary/aromatic N) is 2. The van der Waals surface area contributed by atoms with Gasteiger partial charge in [-0.05, 0) is 73.4 Å². The average molecular weight is 482 g/mol. The van der Waals surface area contributed by atoms with Crippen LogP contribution in [0, 0.1) is 31.6 Å². The van der Waals surface area contributed by atoms with Gasteiger partial charge in [0.25, 0.3) is 5.92 Å². The summed E-state index contributed by atoms with van der Waals surface area (Å²) in [6.45, 7) is 4.94. The summed E-state index contributed by atoms with van der Waals surface area (Å²) in [5, 5.41) is 3.84. The van der Waals surface area contributed by atoms with Gasteiger partial charge in [0.1, 0.15) is 10.7 Å². The Labute approximate surface area is 192 Å². The molecule has 9 heteroatoms. The summed E-state index contributed by atoms with van der Waals surface area (Å²) < 4.78 is 54.9. The van der Waals surface area contributed by atoms with Crippen molar-refractivity contribution in [2.75, 3.05) is 18.4 Å². The zero-order valence-electron chi connectivity index (χ0n) is 18.0. The number of aryl methyl sites for hydroxylation is 1. The number of sulfonamides is 1. The van der Waals surface area contributed by atoms with Crippen molar-refractivity contribution in [3.05, 3.63) is 51.7 Å². The van der Waals surface area contributed by atoms with Gasteiger partial charge in [0.2, 0.25) is 10.0 Å². The molecule has 32 heavy (non-hydrogen) atoms. The maximum atomic E-state index is 13.4. The second-order valence-corrected chi connectivity index (χ2v) is 11.7. The van der Waals surface area contributed by atoms with Crippen molar-refractivity contribution in [2.45, 2.75) is 50.5 Å². The molecule has 0 amide bonds. The second kappa shape index (κ2) is 7.64. The first-order chi connectivity index (χ1) is 15.1. The van der Waals surface area contributed by atoms with E-state index in [-0.39, 0.29) is 17.4 Å². The van der Waals surface area contributed by atoms with Gasteiger partial charge in [0, 0.05) is 42.7 Å². The molecule has 2 fully saturated rings. The second-order valence-electron chi connectivity index (χ2n) is 9.34. The zero-order chi connectivity index (χ0) is 22.8. The molecule has 172 valence electrons. The summed E-state index contributed by atoms with van der Waals surface area (Å²) in [6.07, 6.45) is 3.11. The van der Waals surface area contributed by atoms with E-state index in [1.165, 1.54) is 10.5 Å². The third-order valence-corrected chi connectivity index (χ3v) is 9.77. The monoisotopic (exact) mass is 481 g/mol. The van der Waals surface area contributed by atoms with Crippen molar-refractivity contribution in [2.24, 2.45) is 17.8 Å². The molecule has 0 bridgehead atoms. The van der Waals surface area contributed by atoms with E-state index in [1.54, 1.807) is 13.0 Å². The third-order valence-electron chi connectivity index (χ3n) is 7.39. The Morgan fingerprint density at radius 2 is 1.97 bits per heavy atom. The minimum atomic E-state index is -3.71. The number of alkyl halides is 2. The molecule has 2 atom stereocenters. The lowest BCUT2D eigenvalue weighted by molar-refractivity contribution is 0.0649. The van der Waals surface area contributed by atoms with Crippen LogP contribution >= 0.6 is 11.6 Å². The Hall–Kier alpha value is -1.77. The molecule has 2 aliphatic carbocycles. The van der Waals surface area contributed by atoms with E-state index < -0.39 is 27.8 Å². The van der Waals surface area contributed by atoms with Gasteiger partial charge in [-0.2, -0.15) is 4.31 Å². The van der Waals surface area contributed by atoms with Crippen LogP contribution in [-0.4, -0.2) is 36.7 Å². The van der Waals surface area contributed by atoms with E-state index in [0.717, 1.165) is 16.7 Å². The Morgan fingerprint density at radius 1 is 1.25 bits per heavy atom. The van der Waals surface area contributed by atoms with Gasteiger partial charge in [0.05, 0.1) is 0 Å². The van der Waals surface area contributed by atoms with E-state index in [1.807, 2.05) is 19.1 Å². The molecule has 5 rings (SSSR count). The summed E-state index contributed by atoms with van der Waals surface area (Å²) >= 11 is 6.25. The number of pyridine rings is 1. The fourth-order valence-corrected chi connectivity index (χ4v) is 7.06. The van der Waals surface area contributed by atoms with Gasteiger partial charge in [-0.3, -0.25) is 0 Å². The predicted octanol–water partition coefficient (Wildman–Crippen LogP) is 4.80. The first-order valence-electron chi connectivity index (χ1n) is 10.9. The van der Waals surface area contributed by atoms with Crippen LogP contribution in [0.2, 0.25) is 5.02 Å². The first-order valence-corrected chi connectivity index (χ1v) is 12.8. The van der Waals surface area contributed by atoms with E-state index >= 15 is 0 Å². The molecule has 1 aromatic heterocycles. The molecule has 2 heterocycles. The quantitative estimate of drug-likeness (QED) is 0.666. The lowest BCUT2D eigenvalue weighted by Crippen LogP contribution is -2.36. The highest BCUT2D eigenvalue weighted by molar-refractivity contribution is 7.89. The highest BCUT2D eigenvalue weighted by Crippen LogP contribution is 2.65. The van der Waals surface area contributed by atoms with Crippen molar-refractivity contribution >= 4 is 27.4 Å². The minimum absolute atomic E-state index is 0.188. The van der Waals surface area contributed by atoms with E-state index in [9.17, 15) is 17.2 Å². The van der Waals surface area contributed by atoms with Crippen LogP contribution in [0.1, 0.15) is 35.1 Å². The summed E-state index contributed by atoms with van der Waals surface area (Å²) in [4.78, 5) is 4.50. The molecule has 5 nitrogen and oxygen atoms in total. The number of fused-ring (bicyclic) bond motifs is 2. The molecule has 1 aromatic carbocycles. The van der Waals surface area contributed by atoms with Gasteiger partial charge in [-0.1, -0.05) is 17.7 Å². The number of nitrogens with one attached hydrogen (secondary N) is 1. The summed E-state index contributed by atoms with van der Waals surface area (Å²) in [5.41, 5.74) is 3.63. The molecule has 0 radical (unpaired) electrons. The molecule has 0 spiro atoms. The normalized spacial score (nSPS) is 26.5. The molecular weight excluding hydrogens is 456 g/mol. The van der Waals surface area contributed by atoms with E-state index in [0.29, 0.717) is 48.8 Å². The highest BCUT2D eigenvalue weighted by Gasteiger charge is 2.71. The fourth-order valence-electron chi connectivity index (χ4n) is 5.33. The maximum absolute atomic E-state index is 13.4. The highest BCUT2D eigenvalue weighted by atomic mass is 35.5. The molecular formula is C23H26ClF2N3O2S. The van der Waals surface area contributed by atoms with Crippen LogP contribution in [-0.2, 0) is 23.0 Å². The smallest absolute Gasteiger partial charge is 0.254 e. The average Bonchev–Trinajstić information content (AvgIpc) is 3.08. The van der Waals surface area contributed by atoms with Crippen LogP contribution in [0.4, 0.5) is 14.6 Å². The Kier molecular flexibility index (Phi) is 5.26. The molecule has 1 aliphatic heterocycles. The van der Waals surface area contributed by atoms with Crippen molar-refractivity contribution in [1.29, 1.82) is 0 Å². The molecule has 2 saturated carbocycles. The van der Waals surface area contributed by atoms with Crippen LogP contribution < -0.4 is 5.32 Å². The molecule has 1 N–H and O–H groups in total. The third kappa shape index (κ3) is 3.60. The van der Waals surface area contributed by atoms with Crippen molar-refractivity contribution in [3.63, 3.8) is 0 Å². The largest absolute Gasteiger partial charge is 0.370 e. The van der Waals surface area contributed by atoms with Gasteiger partial charge >= 0.3 is 0 Å². The first kappa shape index (κ1) is 22.0. The van der Waals surface area contributed by atoms with Crippen molar-refractivity contribution < 1.29 is 17.2 Å². The Morgan fingerprint density at radius 3 is 2.66 bits per heavy atom. The number of aromatic nitrogens is 1. The van der Waals surface area contributed by atoms with Crippen LogP contribution in [0.3, 0.4) is 0 Å². The molecule has 2 unspecified atom stereocenters. The number of hydrogen-bond donors (Lipinski definition) is 1. The minimum Gasteiger partial charge on any atom is -0.370 e. The molecule has 2 aromatic rings. The number of hydrogen-bond acceptors (Lipinski definition) is 4. The number of halogens is 3. The van der Waals surface area contributed by atoms with Gasteiger partial charge in [-0.15, -0.1) is 0 Å². The van der Waals surface area contributed by atoms with Gasteiger partial charge in [0.15, 0.2) is 0 Å². The summed E-state index contributed by atoms with van der Waals surface area (Å²) in [7, 11) is -3.71. The lowest BCUT2D eigenvalue weighted by Gasteiger charge is -2.30. The Balaban J connectivity index is 1.28. The number of benzene rings is 1. The van der Waals surface area contributed by atoms with Crippen LogP contribution in [0.5, 0.6) is 0 Å². The number of anilines is 1. The van der Waals surface area contributed by atoms with Crippen LogP contribution in [0.15, 0.2) is 29.3 Å². The summed E-state index contributed by atoms with van der Waals surface area (Å²) in [6, 6.07) is 5.55. The number of rotatable bonds is 5. The SMILES string of the molecule is Cc1cc(NCC2CC3C(C2)C3(F)F)ncc1S(=O)(=O)N1CCc2ccc(Cl)c(C)c2C1. The van der Waals surface area contributed by atoms with E-state index in [2.05, 4.69) is 10.3 Å². The summed E-state index contributed by atoms with van der Waals surface area (Å²) in [5.74, 6) is -2.59. The Bertz CT molecular complexity index is 1170. The molecule has 3 aliphatic rings. The van der Waals surface area contributed by atoms with Gasteiger partial charge < -0.3 is 5.32 Å². The van der Waals surface area contributed by atoms with Gasteiger partial charge in [-0.25, -0.2) is 22.2 Å². The fraction of sp³-hybridized carbons (Fsp3) is 0.522. The van der Waals surface area contributed by atoms with Crippen molar-refractivity contribution in [3.8, 4) is 0 Å². The maximum Gasteiger partial charge on any atom is 0.254 e. The topological polar surface area (TPSA) is 62.3 Å². The molecule has 0 saturated heterocycles. The standard InChI is InChI=1S/C23H26ClF2N3O2S/c1-13-7-22(27-10-15-8-18-19(9-15)23(18,25)26)28-11-21(13)32(30,31)29-6-5-16-3-4-20(24)14(2)17(16)12-29/h3-4,7,11,15,18-19H,5-6,8-10,12H2,1-2H3,(H,27,28). The zero-order valence-corrected chi connectivity index (χ0v) is 19.6. The van der Waals surface area contributed by atoms with E-state index in [4.69, 9.17) is 11.6 Å². The lowest BCUT2D eigenvalue weighted by atomic mass is 9.97. The predicted molar refractivity (Wildman–Crippen MR) is 120 cm³/mol. The van der Waals surface area contributed by atoms with Crippen LogP contribution in [0.25, 0.3) is 0 Å². The van der Waals surface area contributed by atoms with Crippen molar-refractivity contribution in [1.82, 2.24) is 9.29 Å².